The highest BCUT2D eigenvalue weighted by molar-refractivity contribution is 5.67. The summed E-state index contributed by atoms with van der Waals surface area (Å²) in [5.41, 5.74) is 3.15. The van der Waals surface area contributed by atoms with Gasteiger partial charge in [0.2, 0.25) is 0 Å². The molecule has 2 aliphatic carbocycles. The molecule has 0 radical (unpaired) electrons. The lowest BCUT2D eigenvalue weighted by atomic mass is 9.62. The first-order chi connectivity index (χ1) is 12.2. The van der Waals surface area contributed by atoms with E-state index in [4.69, 9.17) is 14.2 Å². The number of rotatable bonds is 5. The SMILES string of the molecule is CC(=O)O[C@H]1C[C@H]2[C@H](C)[C@@H](OC(C)=O)C/C(=C(/C)COC=O)[C@H]2C=C1C. The highest BCUT2D eigenvalue weighted by Crippen LogP contribution is 2.48. The number of carbonyl (C=O) groups excluding carboxylic acids is 3. The van der Waals surface area contributed by atoms with Crippen molar-refractivity contribution in [1.29, 1.82) is 0 Å². The van der Waals surface area contributed by atoms with Crippen LogP contribution in [0.15, 0.2) is 22.8 Å². The van der Waals surface area contributed by atoms with Gasteiger partial charge in [-0.1, -0.05) is 18.6 Å². The average Bonchev–Trinajstić information content (AvgIpc) is 2.55. The van der Waals surface area contributed by atoms with Crippen molar-refractivity contribution in [2.24, 2.45) is 17.8 Å². The molecular weight excluding hydrogens is 336 g/mol. The van der Waals surface area contributed by atoms with E-state index >= 15 is 0 Å². The van der Waals surface area contributed by atoms with E-state index in [0.717, 1.165) is 16.7 Å². The zero-order valence-electron chi connectivity index (χ0n) is 16.1. The summed E-state index contributed by atoms with van der Waals surface area (Å²) in [7, 11) is 0. The van der Waals surface area contributed by atoms with E-state index in [1.807, 2.05) is 13.8 Å². The fourth-order valence-corrected chi connectivity index (χ4v) is 4.22. The maximum atomic E-state index is 11.5. The van der Waals surface area contributed by atoms with Gasteiger partial charge in [0.15, 0.2) is 0 Å². The number of allylic oxidation sites excluding steroid dienone is 1. The summed E-state index contributed by atoms with van der Waals surface area (Å²) in [6.07, 6.45) is 2.98. The Kier molecular flexibility index (Phi) is 6.62. The summed E-state index contributed by atoms with van der Waals surface area (Å²) in [5.74, 6) is -0.121. The van der Waals surface area contributed by atoms with Crippen molar-refractivity contribution in [3.8, 4) is 0 Å². The number of ether oxygens (including phenoxy) is 3. The van der Waals surface area contributed by atoms with Crippen LogP contribution in [0.1, 0.15) is 47.5 Å². The third-order valence-electron chi connectivity index (χ3n) is 5.52. The third-order valence-corrected chi connectivity index (χ3v) is 5.52. The molecule has 5 atom stereocenters. The molecule has 144 valence electrons. The van der Waals surface area contributed by atoms with Crippen LogP contribution in [-0.4, -0.2) is 37.2 Å². The Morgan fingerprint density at radius 2 is 1.85 bits per heavy atom. The number of hydrogen-bond donors (Lipinski definition) is 0. The third kappa shape index (κ3) is 4.54. The van der Waals surface area contributed by atoms with Gasteiger partial charge in [0.25, 0.3) is 6.47 Å². The smallest absolute Gasteiger partial charge is 0.303 e. The molecule has 1 saturated carbocycles. The Bertz CT molecular complexity index is 632. The van der Waals surface area contributed by atoms with E-state index < -0.39 is 0 Å². The maximum Gasteiger partial charge on any atom is 0.303 e. The molecule has 0 aliphatic heterocycles. The van der Waals surface area contributed by atoms with Crippen molar-refractivity contribution in [2.75, 3.05) is 6.61 Å². The Labute approximate surface area is 154 Å². The summed E-state index contributed by atoms with van der Waals surface area (Å²) in [6, 6.07) is 0. The zero-order chi connectivity index (χ0) is 19.4. The number of fused-ring (bicyclic) bond motifs is 1. The molecule has 2 rings (SSSR count). The van der Waals surface area contributed by atoms with Crippen molar-refractivity contribution in [1.82, 2.24) is 0 Å². The number of esters is 2. The van der Waals surface area contributed by atoms with Gasteiger partial charge < -0.3 is 14.2 Å². The summed E-state index contributed by atoms with van der Waals surface area (Å²) in [6.45, 7) is 9.49. The fourth-order valence-electron chi connectivity index (χ4n) is 4.22. The van der Waals surface area contributed by atoms with E-state index in [1.54, 1.807) is 0 Å². The Morgan fingerprint density at radius 1 is 1.19 bits per heavy atom. The molecule has 2 aliphatic rings. The molecule has 0 heterocycles. The molecule has 0 amide bonds. The van der Waals surface area contributed by atoms with Crippen LogP contribution in [0.5, 0.6) is 0 Å². The van der Waals surface area contributed by atoms with Crippen LogP contribution >= 0.6 is 0 Å². The average molecular weight is 364 g/mol. The van der Waals surface area contributed by atoms with Crippen LogP contribution in [-0.2, 0) is 28.6 Å². The van der Waals surface area contributed by atoms with Gasteiger partial charge in [-0.25, -0.2) is 0 Å². The minimum Gasteiger partial charge on any atom is -0.463 e. The summed E-state index contributed by atoms with van der Waals surface area (Å²) in [4.78, 5) is 33.5. The molecule has 0 unspecified atom stereocenters. The quantitative estimate of drug-likeness (QED) is 0.323. The van der Waals surface area contributed by atoms with Gasteiger partial charge in [-0.05, 0) is 43.3 Å². The van der Waals surface area contributed by atoms with Gasteiger partial charge >= 0.3 is 11.9 Å². The van der Waals surface area contributed by atoms with Gasteiger partial charge in [-0.15, -0.1) is 0 Å². The van der Waals surface area contributed by atoms with Crippen molar-refractivity contribution >= 4 is 18.4 Å². The summed E-state index contributed by atoms with van der Waals surface area (Å²) in [5, 5.41) is 0. The largest absolute Gasteiger partial charge is 0.463 e. The van der Waals surface area contributed by atoms with Crippen LogP contribution in [0, 0.1) is 17.8 Å². The Morgan fingerprint density at radius 3 is 2.42 bits per heavy atom. The lowest BCUT2D eigenvalue weighted by Crippen LogP contribution is -2.44. The van der Waals surface area contributed by atoms with Gasteiger partial charge in [0, 0.05) is 26.2 Å². The molecule has 0 bridgehead atoms. The summed E-state index contributed by atoms with van der Waals surface area (Å²) < 4.78 is 16.0. The monoisotopic (exact) mass is 364 g/mol. The topological polar surface area (TPSA) is 78.9 Å². The standard InChI is InChI=1S/C20H28O6/c1-11-6-18-16(12(2)9-24-10-21)7-20(26-15(5)23)13(3)17(18)8-19(11)25-14(4)22/h6,10,13,17-20H,7-9H2,1-5H3/b16-12+/t13-,17-,18+,19-,20-/m0/s1. The van der Waals surface area contributed by atoms with Crippen LogP contribution in [0.25, 0.3) is 0 Å². The first kappa shape index (κ1) is 20.2. The van der Waals surface area contributed by atoms with E-state index in [2.05, 4.69) is 13.0 Å². The van der Waals surface area contributed by atoms with Crippen molar-refractivity contribution in [2.45, 2.75) is 59.7 Å². The molecule has 0 saturated heterocycles. The first-order valence-electron chi connectivity index (χ1n) is 9.01. The highest BCUT2D eigenvalue weighted by Gasteiger charge is 2.44. The molecule has 0 aromatic carbocycles. The Hall–Kier alpha value is -2.11. The van der Waals surface area contributed by atoms with E-state index in [1.165, 1.54) is 13.8 Å². The van der Waals surface area contributed by atoms with E-state index in [0.29, 0.717) is 19.3 Å². The van der Waals surface area contributed by atoms with Crippen molar-refractivity contribution < 1.29 is 28.6 Å². The number of carbonyl (C=O) groups is 3. The molecule has 26 heavy (non-hydrogen) atoms. The minimum atomic E-state index is -0.305. The molecule has 0 N–H and O–H groups in total. The van der Waals surface area contributed by atoms with Crippen LogP contribution in [0.3, 0.4) is 0 Å². The van der Waals surface area contributed by atoms with E-state index in [9.17, 15) is 14.4 Å². The van der Waals surface area contributed by atoms with E-state index in [-0.39, 0.29) is 48.5 Å². The first-order valence-corrected chi connectivity index (χ1v) is 9.01. The predicted molar refractivity (Wildman–Crippen MR) is 95.0 cm³/mol. The van der Waals surface area contributed by atoms with Crippen LogP contribution in [0.4, 0.5) is 0 Å². The molecule has 0 spiro atoms. The molecule has 6 heteroatoms. The lowest BCUT2D eigenvalue weighted by Gasteiger charge is -2.46. The second-order valence-corrected chi connectivity index (χ2v) is 7.36. The lowest BCUT2D eigenvalue weighted by molar-refractivity contribution is -0.152. The molecular formula is C20H28O6. The van der Waals surface area contributed by atoms with Crippen molar-refractivity contribution in [3.63, 3.8) is 0 Å². The normalized spacial score (nSPS) is 32.7. The zero-order valence-corrected chi connectivity index (χ0v) is 16.1. The fraction of sp³-hybridized carbons (Fsp3) is 0.650. The Balaban J connectivity index is 2.39. The van der Waals surface area contributed by atoms with Gasteiger partial charge in [-0.3, -0.25) is 14.4 Å². The second kappa shape index (κ2) is 8.52. The van der Waals surface area contributed by atoms with Gasteiger partial charge in [-0.2, -0.15) is 0 Å². The number of hydrogen-bond acceptors (Lipinski definition) is 6. The minimum absolute atomic E-state index is 0.134. The molecule has 0 aromatic heterocycles. The van der Waals surface area contributed by atoms with Gasteiger partial charge in [0.05, 0.1) is 0 Å². The predicted octanol–water partition coefficient (Wildman–Crippen LogP) is 2.96. The van der Waals surface area contributed by atoms with Gasteiger partial charge in [0.1, 0.15) is 18.8 Å². The van der Waals surface area contributed by atoms with Crippen LogP contribution in [0.2, 0.25) is 0 Å². The van der Waals surface area contributed by atoms with Crippen molar-refractivity contribution in [3.05, 3.63) is 22.8 Å². The molecule has 6 nitrogen and oxygen atoms in total. The molecule has 0 aromatic rings. The maximum absolute atomic E-state index is 11.5. The summed E-state index contributed by atoms with van der Waals surface area (Å²) >= 11 is 0. The molecule has 1 fully saturated rings. The highest BCUT2D eigenvalue weighted by atomic mass is 16.5. The second-order valence-electron chi connectivity index (χ2n) is 7.36. The van der Waals surface area contributed by atoms with Crippen LogP contribution < -0.4 is 0 Å².